The van der Waals surface area contributed by atoms with Crippen LogP contribution in [0.4, 0.5) is 0 Å². The van der Waals surface area contributed by atoms with Gasteiger partial charge in [0, 0.05) is 5.92 Å². The molecule has 1 heterocycles. The molecule has 2 heteroatoms. The van der Waals surface area contributed by atoms with Crippen LogP contribution in [0.2, 0.25) is 0 Å². The molecule has 1 rings (SSSR count). The van der Waals surface area contributed by atoms with Crippen molar-refractivity contribution >= 4 is 5.97 Å². The van der Waals surface area contributed by atoms with Gasteiger partial charge in [0.15, 0.2) is 0 Å². The summed E-state index contributed by atoms with van der Waals surface area (Å²) in [6, 6.07) is 0. The highest BCUT2D eigenvalue weighted by Crippen LogP contribution is 2.25. The Bertz CT molecular complexity index is 154. The predicted molar refractivity (Wildman–Crippen MR) is 47.8 cm³/mol. The van der Waals surface area contributed by atoms with Gasteiger partial charge < -0.3 is 4.74 Å². The molecule has 0 aliphatic carbocycles. The minimum absolute atomic E-state index is 0.0102. The number of ether oxygens (including phenoxy) is 1. The molecule has 0 aromatic heterocycles. The monoisotopic (exact) mass is 170 g/mol. The SMILES string of the molecule is CCCCC[C@@H]1OC(=O)C[C@@H]1C. The van der Waals surface area contributed by atoms with Gasteiger partial charge in [-0.1, -0.05) is 26.7 Å². The first kappa shape index (κ1) is 9.56. The molecule has 2 nitrogen and oxygen atoms in total. The number of unbranched alkanes of at least 4 members (excludes halogenated alkanes) is 2. The molecule has 0 unspecified atom stereocenters. The number of hydrogen-bond donors (Lipinski definition) is 0. The average molecular weight is 170 g/mol. The molecule has 0 bridgehead atoms. The van der Waals surface area contributed by atoms with E-state index in [0.29, 0.717) is 12.3 Å². The molecule has 1 aliphatic heterocycles. The Labute approximate surface area is 74.3 Å². The van der Waals surface area contributed by atoms with Gasteiger partial charge in [-0.2, -0.15) is 0 Å². The van der Waals surface area contributed by atoms with Gasteiger partial charge in [-0.15, -0.1) is 0 Å². The van der Waals surface area contributed by atoms with E-state index in [1.54, 1.807) is 0 Å². The van der Waals surface area contributed by atoms with Gasteiger partial charge in [-0.25, -0.2) is 0 Å². The van der Waals surface area contributed by atoms with Crippen molar-refractivity contribution < 1.29 is 9.53 Å². The van der Waals surface area contributed by atoms with Crippen molar-refractivity contribution in [2.75, 3.05) is 0 Å². The van der Waals surface area contributed by atoms with Crippen molar-refractivity contribution in [3.05, 3.63) is 0 Å². The van der Waals surface area contributed by atoms with Gasteiger partial charge in [-0.05, 0) is 12.8 Å². The molecule has 0 N–H and O–H groups in total. The van der Waals surface area contributed by atoms with Crippen LogP contribution >= 0.6 is 0 Å². The standard InChI is InChI=1S/C10H18O2/c1-3-4-5-6-9-8(2)7-10(11)12-9/h8-9H,3-7H2,1-2H3/t8-,9-/m0/s1. The minimum atomic E-state index is -0.0102. The summed E-state index contributed by atoms with van der Waals surface area (Å²) in [6.07, 6.45) is 5.57. The van der Waals surface area contributed by atoms with Crippen molar-refractivity contribution in [3.8, 4) is 0 Å². The molecule has 0 aromatic rings. The summed E-state index contributed by atoms with van der Waals surface area (Å²) in [4.78, 5) is 10.9. The number of carbonyl (C=O) groups is 1. The van der Waals surface area contributed by atoms with E-state index in [0.717, 1.165) is 6.42 Å². The van der Waals surface area contributed by atoms with Gasteiger partial charge in [0.25, 0.3) is 0 Å². The van der Waals surface area contributed by atoms with Crippen LogP contribution in [0.1, 0.15) is 46.0 Å². The van der Waals surface area contributed by atoms with Crippen LogP contribution in [0.25, 0.3) is 0 Å². The highest BCUT2D eigenvalue weighted by atomic mass is 16.5. The molecule has 0 saturated carbocycles. The lowest BCUT2D eigenvalue weighted by molar-refractivity contribution is -0.141. The molecule has 0 amide bonds. The molecule has 1 saturated heterocycles. The fraction of sp³-hybridized carbons (Fsp3) is 0.900. The summed E-state index contributed by atoms with van der Waals surface area (Å²) >= 11 is 0. The Morgan fingerprint density at radius 3 is 2.75 bits per heavy atom. The first-order valence-electron chi connectivity index (χ1n) is 4.93. The summed E-state index contributed by atoms with van der Waals surface area (Å²) in [7, 11) is 0. The average Bonchev–Trinajstić information content (AvgIpc) is 2.31. The van der Waals surface area contributed by atoms with Gasteiger partial charge in [0.1, 0.15) is 6.10 Å². The van der Waals surface area contributed by atoms with Crippen molar-refractivity contribution in [3.63, 3.8) is 0 Å². The predicted octanol–water partition coefficient (Wildman–Crippen LogP) is 2.52. The number of hydrogen-bond acceptors (Lipinski definition) is 2. The van der Waals surface area contributed by atoms with Crippen LogP contribution < -0.4 is 0 Å². The normalized spacial score (nSPS) is 29.0. The van der Waals surface area contributed by atoms with Gasteiger partial charge >= 0.3 is 5.97 Å². The van der Waals surface area contributed by atoms with Crippen molar-refractivity contribution in [2.45, 2.75) is 52.1 Å². The highest BCUT2D eigenvalue weighted by Gasteiger charge is 2.30. The largest absolute Gasteiger partial charge is 0.462 e. The maximum absolute atomic E-state index is 10.9. The topological polar surface area (TPSA) is 26.3 Å². The second kappa shape index (κ2) is 4.48. The van der Waals surface area contributed by atoms with Crippen LogP contribution in [-0.4, -0.2) is 12.1 Å². The smallest absolute Gasteiger partial charge is 0.306 e. The first-order chi connectivity index (χ1) is 5.74. The van der Waals surface area contributed by atoms with Gasteiger partial charge in [0.2, 0.25) is 0 Å². The highest BCUT2D eigenvalue weighted by molar-refractivity contribution is 5.71. The molecule has 0 radical (unpaired) electrons. The summed E-state index contributed by atoms with van der Waals surface area (Å²) in [6.45, 7) is 4.28. The summed E-state index contributed by atoms with van der Waals surface area (Å²) in [5.41, 5.74) is 0. The molecule has 2 atom stereocenters. The second-order valence-corrected chi connectivity index (χ2v) is 3.71. The summed E-state index contributed by atoms with van der Waals surface area (Å²) in [5, 5.41) is 0. The quantitative estimate of drug-likeness (QED) is 0.478. The number of carbonyl (C=O) groups excluding carboxylic acids is 1. The molecule has 12 heavy (non-hydrogen) atoms. The molecule has 1 aliphatic rings. The lowest BCUT2D eigenvalue weighted by Crippen LogP contribution is -2.12. The van der Waals surface area contributed by atoms with E-state index in [1.165, 1.54) is 19.3 Å². The van der Waals surface area contributed by atoms with E-state index in [4.69, 9.17) is 4.74 Å². The molecule has 0 spiro atoms. The molecule has 1 fully saturated rings. The number of esters is 1. The Morgan fingerprint density at radius 1 is 1.50 bits per heavy atom. The van der Waals surface area contributed by atoms with E-state index < -0.39 is 0 Å². The number of rotatable bonds is 4. The van der Waals surface area contributed by atoms with Crippen molar-refractivity contribution in [2.24, 2.45) is 5.92 Å². The van der Waals surface area contributed by atoms with Crippen LogP contribution in [0.3, 0.4) is 0 Å². The lowest BCUT2D eigenvalue weighted by Gasteiger charge is -2.12. The Hall–Kier alpha value is -0.530. The fourth-order valence-corrected chi connectivity index (χ4v) is 1.67. The Morgan fingerprint density at radius 2 is 2.25 bits per heavy atom. The van der Waals surface area contributed by atoms with E-state index in [9.17, 15) is 4.79 Å². The van der Waals surface area contributed by atoms with Crippen molar-refractivity contribution in [1.82, 2.24) is 0 Å². The van der Waals surface area contributed by atoms with Crippen LogP contribution in [0, 0.1) is 5.92 Å². The van der Waals surface area contributed by atoms with Crippen molar-refractivity contribution in [1.29, 1.82) is 0 Å². The number of cyclic esters (lactones) is 1. The Balaban J connectivity index is 2.19. The Kier molecular flexibility index (Phi) is 3.57. The first-order valence-corrected chi connectivity index (χ1v) is 4.93. The van der Waals surface area contributed by atoms with Gasteiger partial charge in [0.05, 0.1) is 6.42 Å². The zero-order chi connectivity index (χ0) is 8.97. The maximum atomic E-state index is 10.9. The molecular weight excluding hydrogens is 152 g/mol. The summed E-state index contributed by atoms with van der Waals surface area (Å²) in [5.74, 6) is 0.429. The minimum Gasteiger partial charge on any atom is -0.462 e. The van der Waals surface area contributed by atoms with E-state index in [-0.39, 0.29) is 12.1 Å². The van der Waals surface area contributed by atoms with Crippen LogP contribution in [0.5, 0.6) is 0 Å². The zero-order valence-corrected chi connectivity index (χ0v) is 8.01. The summed E-state index contributed by atoms with van der Waals surface area (Å²) < 4.78 is 5.18. The van der Waals surface area contributed by atoms with E-state index >= 15 is 0 Å². The maximum Gasteiger partial charge on any atom is 0.306 e. The lowest BCUT2D eigenvalue weighted by atomic mass is 9.99. The van der Waals surface area contributed by atoms with Crippen LogP contribution in [-0.2, 0) is 9.53 Å². The fourth-order valence-electron chi connectivity index (χ4n) is 1.67. The van der Waals surface area contributed by atoms with Gasteiger partial charge in [-0.3, -0.25) is 4.79 Å². The third-order valence-corrected chi connectivity index (χ3v) is 2.50. The van der Waals surface area contributed by atoms with E-state index in [1.807, 2.05) is 0 Å². The molecular formula is C10H18O2. The van der Waals surface area contributed by atoms with E-state index in [2.05, 4.69) is 13.8 Å². The zero-order valence-electron chi connectivity index (χ0n) is 8.01. The third kappa shape index (κ3) is 2.50. The van der Waals surface area contributed by atoms with Crippen LogP contribution in [0.15, 0.2) is 0 Å². The molecule has 70 valence electrons. The molecule has 0 aromatic carbocycles. The second-order valence-electron chi connectivity index (χ2n) is 3.71. The third-order valence-electron chi connectivity index (χ3n) is 2.50.